The molecule has 0 bridgehead atoms. The maximum atomic E-state index is 13.4. The maximum absolute atomic E-state index is 13.4. The summed E-state index contributed by atoms with van der Waals surface area (Å²) < 4.78 is 6.94. The molecule has 294 valence electrons. The highest BCUT2D eigenvalue weighted by molar-refractivity contribution is 6.01. The van der Waals surface area contributed by atoms with E-state index in [1.807, 2.05) is 6.92 Å². The van der Waals surface area contributed by atoms with Gasteiger partial charge in [0.25, 0.3) is 11.8 Å². The molecule has 0 radical (unpaired) electrons. The molecule has 0 spiro atoms. The van der Waals surface area contributed by atoms with Crippen molar-refractivity contribution in [3.63, 3.8) is 0 Å². The van der Waals surface area contributed by atoms with Crippen LogP contribution in [0.3, 0.4) is 0 Å². The summed E-state index contributed by atoms with van der Waals surface area (Å²) in [4.78, 5) is 43.2. The van der Waals surface area contributed by atoms with Crippen LogP contribution in [-0.4, -0.2) is 29.5 Å². The van der Waals surface area contributed by atoms with Gasteiger partial charge in [-0.2, -0.15) is 0 Å². The molecule has 6 heteroatoms. The topological polar surface area (TPSA) is 72.9 Å². The largest absolute Gasteiger partial charge is 0.361 e. The minimum absolute atomic E-state index is 0.117. The number of hydrogen-bond donors (Lipinski definition) is 0. The van der Waals surface area contributed by atoms with E-state index in [1.165, 1.54) is 70.6 Å². The molecule has 54 heavy (non-hydrogen) atoms. The van der Waals surface area contributed by atoms with Gasteiger partial charge in [0.1, 0.15) is 5.60 Å². The molecule has 1 saturated heterocycles. The molecule has 2 amide bonds. The summed E-state index contributed by atoms with van der Waals surface area (Å²) in [5.74, 6) is -1.25. The van der Waals surface area contributed by atoms with Crippen molar-refractivity contribution in [1.82, 2.24) is 5.06 Å². The number of amides is 2. The van der Waals surface area contributed by atoms with E-state index in [0.717, 1.165) is 79.5 Å². The Morgan fingerprint density at radius 1 is 0.537 bits per heavy atom. The molecule has 4 rings (SSSR count). The van der Waals surface area contributed by atoms with Crippen molar-refractivity contribution in [1.29, 1.82) is 0 Å². The Hall–Kier alpha value is -3.77. The number of rotatable bonds is 28. The highest BCUT2D eigenvalue weighted by Gasteiger charge is 2.40. The van der Waals surface area contributed by atoms with Crippen LogP contribution in [0.5, 0.6) is 0 Å². The number of nitrogens with zero attached hydrogens (tertiary/aromatic N) is 1. The van der Waals surface area contributed by atoms with Gasteiger partial charge in [0.2, 0.25) is 0 Å². The molecule has 0 N–H and O–H groups in total. The SMILES string of the molecule is CCCCCCCCCCCC(C)(CCCCCCCCCCCOC(c1ccccc1)(c1ccccc1)c1ccccc1)C(=O)ON1C(=O)CCC1=O. The number of hydrogen-bond acceptors (Lipinski definition) is 5. The lowest BCUT2D eigenvalue weighted by Crippen LogP contribution is -2.39. The third-order valence-electron chi connectivity index (χ3n) is 11.2. The number of benzene rings is 3. The summed E-state index contributed by atoms with van der Waals surface area (Å²) in [6.07, 6.45) is 22.8. The van der Waals surface area contributed by atoms with Crippen LogP contribution < -0.4 is 0 Å². The van der Waals surface area contributed by atoms with Crippen molar-refractivity contribution < 1.29 is 24.0 Å². The zero-order valence-electron chi connectivity index (χ0n) is 33.4. The van der Waals surface area contributed by atoms with Gasteiger partial charge in [0, 0.05) is 19.4 Å². The molecule has 1 atom stereocenters. The monoisotopic (exact) mass is 738 g/mol. The Kier molecular flexibility index (Phi) is 19.0. The zero-order chi connectivity index (χ0) is 38.3. The highest BCUT2D eigenvalue weighted by atomic mass is 16.7. The van der Waals surface area contributed by atoms with Crippen molar-refractivity contribution >= 4 is 17.8 Å². The van der Waals surface area contributed by atoms with Crippen molar-refractivity contribution in [2.24, 2.45) is 5.41 Å². The fraction of sp³-hybridized carbons (Fsp3) is 0.562. The lowest BCUT2D eigenvalue weighted by molar-refractivity contribution is -0.205. The molecule has 0 saturated carbocycles. The number of unbranched alkanes of at least 4 members (excludes halogenated alkanes) is 16. The van der Waals surface area contributed by atoms with Crippen molar-refractivity contribution in [3.05, 3.63) is 108 Å². The summed E-state index contributed by atoms with van der Waals surface area (Å²) in [5.41, 5.74) is 2.07. The molecule has 1 unspecified atom stereocenters. The molecule has 1 heterocycles. The van der Waals surface area contributed by atoms with E-state index in [0.29, 0.717) is 6.61 Å². The number of carbonyl (C=O) groups is 3. The number of imide groups is 1. The van der Waals surface area contributed by atoms with Crippen LogP contribution in [0.25, 0.3) is 0 Å². The summed E-state index contributed by atoms with van der Waals surface area (Å²) in [6, 6.07) is 31.7. The number of hydroxylamine groups is 2. The molecular weight excluding hydrogens is 671 g/mol. The molecule has 1 aliphatic rings. The fourth-order valence-electron chi connectivity index (χ4n) is 7.85. The van der Waals surface area contributed by atoms with E-state index in [1.54, 1.807) is 0 Å². The van der Waals surface area contributed by atoms with Crippen LogP contribution in [0.2, 0.25) is 0 Å². The molecule has 1 fully saturated rings. The van der Waals surface area contributed by atoms with Gasteiger partial charge in [0.15, 0.2) is 0 Å². The van der Waals surface area contributed by atoms with Gasteiger partial charge < -0.3 is 9.57 Å². The quantitative estimate of drug-likeness (QED) is 0.0421. The van der Waals surface area contributed by atoms with Crippen LogP contribution >= 0.6 is 0 Å². The lowest BCUT2D eigenvalue weighted by atomic mass is 9.79. The Bertz CT molecular complexity index is 1380. The minimum atomic E-state index is -0.689. The molecular formula is C48H67NO5. The van der Waals surface area contributed by atoms with Crippen LogP contribution in [-0.2, 0) is 29.6 Å². The molecule has 3 aromatic carbocycles. The zero-order valence-corrected chi connectivity index (χ0v) is 33.4. The van der Waals surface area contributed by atoms with Crippen LogP contribution in [0, 0.1) is 5.41 Å². The second-order valence-corrected chi connectivity index (χ2v) is 15.7. The van der Waals surface area contributed by atoms with Gasteiger partial charge in [0.05, 0.1) is 5.41 Å². The van der Waals surface area contributed by atoms with E-state index in [4.69, 9.17) is 9.57 Å². The summed E-state index contributed by atoms with van der Waals surface area (Å²) in [5, 5.41) is 0.718. The van der Waals surface area contributed by atoms with Crippen LogP contribution in [0.1, 0.15) is 172 Å². The summed E-state index contributed by atoms with van der Waals surface area (Å²) in [7, 11) is 0. The van der Waals surface area contributed by atoms with Gasteiger partial charge in [-0.25, -0.2) is 4.79 Å². The van der Waals surface area contributed by atoms with Crippen LogP contribution in [0.4, 0.5) is 0 Å². The Labute approximate surface area is 326 Å². The Morgan fingerprint density at radius 2 is 0.889 bits per heavy atom. The first-order chi connectivity index (χ1) is 26.4. The highest BCUT2D eigenvalue weighted by Crippen LogP contribution is 2.40. The predicted molar refractivity (Wildman–Crippen MR) is 218 cm³/mol. The number of ether oxygens (including phenoxy) is 1. The molecule has 0 aromatic heterocycles. The third kappa shape index (κ3) is 13.2. The molecule has 1 aliphatic heterocycles. The smallest absolute Gasteiger partial charge is 0.338 e. The van der Waals surface area contributed by atoms with E-state index in [2.05, 4.69) is 97.9 Å². The van der Waals surface area contributed by atoms with Crippen LogP contribution in [0.15, 0.2) is 91.0 Å². The molecule has 3 aromatic rings. The van der Waals surface area contributed by atoms with Gasteiger partial charge in [-0.05, 0) is 42.9 Å². The summed E-state index contributed by atoms with van der Waals surface area (Å²) >= 11 is 0. The normalized spacial score (nSPS) is 14.4. The molecule has 6 nitrogen and oxygen atoms in total. The number of carbonyl (C=O) groups excluding carboxylic acids is 3. The van der Waals surface area contributed by atoms with Crippen molar-refractivity contribution in [2.75, 3.05) is 6.61 Å². The van der Waals surface area contributed by atoms with E-state index in [9.17, 15) is 14.4 Å². The van der Waals surface area contributed by atoms with E-state index >= 15 is 0 Å². The lowest BCUT2D eigenvalue weighted by Gasteiger charge is -2.36. The minimum Gasteiger partial charge on any atom is -0.361 e. The van der Waals surface area contributed by atoms with Gasteiger partial charge in [-0.3, -0.25) is 9.59 Å². The first-order valence-corrected chi connectivity index (χ1v) is 21.3. The maximum Gasteiger partial charge on any atom is 0.338 e. The average molecular weight is 738 g/mol. The molecule has 0 aliphatic carbocycles. The average Bonchev–Trinajstić information content (AvgIpc) is 3.52. The van der Waals surface area contributed by atoms with E-state index < -0.39 is 28.8 Å². The van der Waals surface area contributed by atoms with Gasteiger partial charge in [-0.1, -0.05) is 207 Å². The van der Waals surface area contributed by atoms with Gasteiger partial charge >= 0.3 is 5.97 Å². The predicted octanol–water partition coefficient (Wildman–Crippen LogP) is 12.4. The standard InChI is InChI=1S/C48H67NO5/c1-3-4-5-6-7-9-12-15-27-38-47(2,46(52)54-49-44(50)36-37-45(49)51)39-28-16-13-10-8-11-14-17-29-40-53-48(41-30-21-18-22-31-41,42-32-23-19-24-33-42)43-34-25-20-26-35-43/h18-26,30-35H,3-17,27-29,36-40H2,1-2H3. The summed E-state index contributed by atoms with van der Waals surface area (Å²) in [6.45, 7) is 4.89. The van der Waals surface area contributed by atoms with Gasteiger partial charge in [-0.15, -0.1) is 5.06 Å². The third-order valence-corrected chi connectivity index (χ3v) is 11.2. The van der Waals surface area contributed by atoms with Crippen molar-refractivity contribution in [3.8, 4) is 0 Å². The first-order valence-electron chi connectivity index (χ1n) is 21.3. The van der Waals surface area contributed by atoms with Crippen molar-refractivity contribution in [2.45, 2.75) is 161 Å². The Balaban J connectivity index is 1.16. The second-order valence-electron chi connectivity index (χ2n) is 15.7. The first kappa shape index (κ1) is 43.0. The fourth-order valence-corrected chi connectivity index (χ4v) is 7.85. The second kappa shape index (κ2) is 23.9. The Morgan fingerprint density at radius 3 is 1.28 bits per heavy atom. The van der Waals surface area contributed by atoms with E-state index in [-0.39, 0.29) is 12.8 Å².